The molecular weight excluding hydrogens is 404 g/mol. The van der Waals surface area contributed by atoms with Gasteiger partial charge in [-0.05, 0) is 43.4 Å². The maximum Gasteiger partial charge on any atom is 0.229 e. The number of carbonyl (C=O) groups is 1. The van der Waals surface area contributed by atoms with E-state index in [-0.39, 0.29) is 17.2 Å². The molecule has 0 saturated carbocycles. The molecular formula is C21H27ClN6O2. The minimum Gasteiger partial charge on any atom is -0.381 e. The fourth-order valence-electron chi connectivity index (χ4n) is 3.78. The second kappa shape index (κ2) is 9.24. The number of amides is 1. The first-order chi connectivity index (χ1) is 14.5. The van der Waals surface area contributed by atoms with Gasteiger partial charge in [-0.1, -0.05) is 18.5 Å². The summed E-state index contributed by atoms with van der Waals surface area (Å²) in [5.41, 5.74) is 1.74. The van der Waals surface area contributed by atoms with Crippen LogP contribution in [-0.2, 0) is 9.53 Å². The Morgan fingerprint density at radius 1 is 1.30 bits per heavy atom. The lowest BCUT2D eigenvalue weighted by Crippen LogP contribution is -2.33. The predicted octanol–water partition coefficient (Wildman–Crippen LogP) is 2.97. The van der Waals surface area contributed by atoms with E-state index >= 15 is 0 Å². The number of rotatable bonds is 6. The molecule has 0 aliphatic carbocycles. The van der Waals surface area contributed by atoms with Gasteiger partial charge in [0.2, 0.25) is 5.91 Å². The van der Waals surface area contributed by atoms with E-state index in [2.05, 4.69) is 38.1 Å². The summed E-state index contributed by atoms with van der Waals surface area (Å²) >= 11 is 6.40. The van der Waals surface area contributed by atoms with E-state index < -0.39 is 0 Å². The Morgan fingerprint density at radius 3 is 2.90 bits per heavy atom. The fraction of sp³-hybridized carbons (Fsp3) is 0.524. The molecule has 1 atom stereocenters. The fourth-order valence-corrected chi connectivity index (χ4v) is 3.99. The Balaban J connectivity index is 1.47. The molecule has 0 aromatic carbocycles. The number of hydrogen-bond donors (Lipinski definition) is 3. The molecule has 0 spiro atoms. The summed E-state index contributed by atoms with van der Waals surface area (Å²) in [5, 5.41) is 18.3. The number of pyridine rings is 1. The Labute approximate surface area is 181 Å². The molecule has 2 aromatic rings. The number of halogens is 1. The Hall–Kier alpha value is -2.29. The number of nitrogens with zero attached hydrogens (tertiary/aromatic N) is 3. The molecule has 1 amide bonds. The van der Waals surface area contributed by atoms with E-state index in [4.69, 9.17) is 16.3 Å². The largest absolute Gasteiger partial charge is 0.381 e. The maximum atomic E-state index is 12.4. The standard InChI is InChI=1S/C21H27ClN6O2/c1-21(3-6-30-7-4-21)13-25-19-8-15(11-26-28-19)16-9-18(24-12-17(16)22)27-20(29)14-2-5-23-10-14/h8-9,11-12,14,23H,2-7,10,13H2,1H3,(H,25,28)(H,24,27,29)/t14-/m1/s1. The van der Waals surface area contributed by atoms with Crippen LogP contribution in [0.5, 0.6) is 0 Å². The lowest BCUT2D eigenvalue weighted by molar-refractivity contribution is -0.119. The van der Waals surface area contributed by atoms with Gasteiger partial charge in [-0.2, -0.15) is 5.10 Å². The van der Waals surface area contributed by atoms with E-state index in [9.17, 15) is 4.79 Å². The van der Waals surface area contributed by atoms with Gasteiger partial charge in [0.1, 0.15) is 11.6 Å². The van der Waals surface area contributed by atoms with Gasteiger partial charge < -0.3 is 20.7 Å². The molecule has 2 aromatic heterocycles. The molecule has 9 heteroatoms. The highest BCUT2D eigenvalue weighted by Gasteiger charge is 2.27. The van der Waals surface area contributed by atoms with Gasteiger partial charge in [-0.15, -0.1) is 5.10 Å². The Bertz CT molecular complexity index is 897. The van der Waals surface area contributed by atoms with Crippen molar-refractivity contribution in [3.63, 3.8) is 0 Å². The van der Waals surface area contributed by atoms with Crippen LogP contribution in [-0.4, -0.2) is 53.9 Å². The van der Waals surface area contributed by atoms with E-state index in [1.54, 1.807) is 18.5 Å². The number of hydrogen-bond acceptors (Lipinski definition) is 7. The molecule has 2 aliphatic heterocycles. The first-order valence-corrected chi connectivity index (χ1v) is 10.7. The van der Waals surface area contributed by atoms with E-state index in [0.717, 1.165) is 56.7 Å². The number of ether oxygens (including phenoxy) is 1. The van der Waals surface area contributed by atoms with Crippen molar-refractivity contribution in [2.45, 2.75) is 26.2 Å². The van der Waals surface area contributed by atoms with Crippen LogP contribution in [0.1, 0.15) is 26.2 Å². The molecule has 0 bridgehead atoms. The Morgan fingerprint density at radius 2 is 2.13 bits per heavy atom. The van der Waals surface area contributed by atoms with Crippen molar-refractivity contribution in [1.29, 1.82) is 0 Å². The molecule has 8 nitrogen and oxygen atoms in total. The monoisotopic (exact) mass is 430 g/mol. The van der Waals surface area contributed by atoms with Crippen molar-refractivity contribution in [2.24, 2.45) is 11.3 Å². The van der Waals surface area contributed by atoms with Crippen LogP contribution in [0.25, 0.3) is 11.1 Å². The van der Waals surface area contributed by atoms with E-state index in [0.29, 0.717) is 23.2 Å². The highest BCUT2D eigenvalue weighted by Crippen LogP contribution is 2.32. The van der Waals surface area contributed by atoms with Crippen molar-refractivity contribution in [3.05, 3.63) is 29.5 Å². The number of anilines is 2. The number of carbonyl (C=O) groups excluding carboxylic acids is 1. The summed E-state index contributed by atoms with van der Waals surface area (Å²) in [6.45, 7) is 6.20. The van der Waals surface area contributed by atoms with Crippen molar-refractivity contribution in [1.82, 2.24) is 20.5 Å². The van der Waals surface area contributed by atoms with Crippen LogP contribution >= 0.6 is 11.6 Å². The van der Waals surface area contributed by atoms with Gasteiger partial charge >= 0.3 is 0 Å². The minimum atomic E-state index is -0.0316. The summed E-state index contributed by atoms with van der Waals surface area (Å²) < 4.78 is 5.47. The van der Waals surface area contributed by atoms with Gasteiger partial charge in [-0.25, -0.2) is 4.98 Å². The van der Waals surface area contributed by atoms with Crippen LogP contribution in [0.3, 0.4) is 0 Å². The van der Waals surface area contributed by atoms with Crippen molar-refractivity contribution < 1.29 is 9.53 Å². The average molecular weight is 431 g/mol. The molecule has 2 aliphatic rings. The second-order valence-electron chi connectivity index (χ2n) is 8.33. The maximum absolute atomic E-state index is 12.4. The zero-order chi connectivity index (χ0) is 21.0. The number of nitrogens with one attached hydrogen (secondary N) is 3. The topological polar surface area (TPSA) is 101 Å². The van der Waals surface area contributed by atoms with Crippen molar-refractivity contribution in [2.75, 3.05) is 43.5 Å². The van der Waals surface area contributed by atoms with E-state index in [1.807, 2.05) is 6.07 Å². The number of aromatic nitrogens is 3. The zero-order valence-corrected chi connectivity index (χ0v) is 17.8. The van der Waals surface area contributed by atoms with Crippen molar-refractivity contribution >= 4 is 29.1 Å². The highest BCUT2D eigenvalue weighted by atomic mass is 35.5. The third kappa shape index (κ3) is 5.06. The van der Waals surface area contributed by atoms with Crippen LogP contribution in [0.4, 0.5) is 11.6 Å². The van der Waals surface area contributed by atoms with Crippen LogP contribution < -0.4 is 16.0 Å². The molecule has 0 radical (unpaired) electrons. The minimum absolute atomic E-state index is 0.0271. The Kier molecular flexibility index (Phi) is 6.46. The average Bonchev–Trinajstić information content (AvgIpc) is 3.30. The second-order valence-corrected chi connectivity index (χ2v) is 8.74. The highest BCUT2D eigenvalue weighted by molar-refractivity contribution is 6.33. The SMILES string of the molecule is CC1(CNc2cc(-c3cc(NC(=O)[C@@H]4CCNC4)ncc3Cl)cnn2)CCOCC1. The van der Waals surface area contributed by atoms with Gasteiger partial charge in [0.05, 0.1) is 17.1 Å². The van der Waals surface area contributed by atoms with Gasteiger partial charge in [0, 0.05) is 43.6 Å². The molecule has 2 saturated heterocycles. The zero-order valence-electron chi connectivity index (χ0n) is 17.1. The summed E-state index contributed by atoms with van der Waals surface area (Å²) in [7, 11) is 0. The van der Waals surface area contributed by atoms with Crippen molar-refractivity contribution in [3.8, 4) is 11.1 Å². The molecule has 4 rings (SSSR count). The summed E-state index contributed by atoms with van der Waals surface area (Å²) in [5.74, 6) is 1.11. The third-order valence-corrected chi connectivity index (χ3v) is 6.20. The molecule has 4 heterocycles. The smallest absolute Gasteiger partial charge is 0.229 e. The molecule has 2 fully saturated rings. The summed E-state index contributed by atoms with van der Waals surface area (Å²) in [6, 6.07) is 3.70. The van der Waals surface area contributed by atoms with Gasteiger partial charge in [-0.3, -0.25) is 4.79 Å². The molecule has 3 N–H and O–H groups in total. The molecule has 160 valence electrons. The lowest BCUT2D eigenvalue weighted by atomic mass is 9.82. The lowest BCUT2D eigenvalue weighted by Gasteiger charge is -2.33. The summed E-state index contributed by atoms with van der Waals surface area (Å²) in [4.78, 5) is 16.7. The van der Waals surface area contributed by atoms with Gasteiger partial charge in [0.25, 0.3) is 0 Å². The first kappa shape index (κ1) is 21.0. The summed E-state index contributed by atoms with van der Waals surface area (Å²) in [6.07, 6.45) is 6.08. The van der Waals surface area contributed by atoms with Crippen LogP contribution in [0, 0.1) is 11.3 Å². The van der Waals surface area contributed by atoms with Crippen LogP contribution in [0.15, 0.2) is 24.5 Å². The normalized spacial score (nSPS) is 20.7. The predicted molar refractivity (Wildman–Crippen MR) is 117 cm³/mol. The van der Waals surface area contributed by atoms with E-state index in [1.165, 1.54) is 0 Å². The third-order valence-electron chi connectivity index (χ3n) is 5.90. The van der Waals surface area contributed by atoms with Crippen LogP contribution in [0.2, 0.25) is 5.02 Å². The molecule has 30 heavy (non-hydrogen) atoms. The quantitative estimate of drug-likeness (QED) is 0.647. The first-order valence-electron chi connectivity index (χ1n) is 10.3. The molecule has 0 unspecified atom stereocenters. The van der Waals surface area contributed by atoms with Gasteiger partial charge in [0.15, 0.2) is 0 Å².